The van der Waals surface area contributed by atoms with Crippen molar-refractivity contribution in [2.75, 3.05) is 4.72 Å². The summed E-state index contributed by atoms with van der Waals surface area (Å²) in [6.07, 6.45) is 0.270. The Morgan fingerprint density at radius 1 is 1.00 bits per heavy atom. The Bertz CT molecular complexity index is 941. The van der Waals surface area contributed by atoms with E-state index >= 15 is 0 Å². The lowest BCUT2D eigenvalue weighted by molar-refractivity contribution is -0.143. The van der Waals surface area contributed by atoms with E-state index < -0.39 is 21.4 Å². The number of nitrogens with one attached hydrogen (secondary N) is 1. The minimum absolute atomic E-state index is 0.00296. The lowest BCUT2D eigenvalue weighted by Crippen LogP contribution is -2.25. The van der Waals surface area contributed by atoms with Crippen molar-refractivity contribution in [3.8, 4) is 5.75 Å². The summed E-state index contributed by atoms with van der Waals surface area (Å²) in [7, 11) is -3.89. The smallest absolute Gasteiger partial charge is 0.316 e. The maximum atomic E-state index is 12.6. The number of carbonyl (C=O) groups excluding carboxylic acids is 2. The SMILES string of the molecule is CCC(=O)c1ccccc1NS(=O)(=O)c1ccc(OC(=O)C(C)(C)C)cc1. The largest absolute Gasteiger partial charge is 0.426 e. The summed E-state index contributed by atoms with van der Waals surface area (Å²) in [5.41, 5.74) is -0.117. The average molecular weight is 389 g/mol. The van der Waals surface area contributed by atoms with Crippen molar-refractivity contribution in [1.82, 2.24) is 0 Å². The minimum atomic E-state index is -3.89. The van der Waals surface area contributed by atoms with Crippen LogP contribution in [-0.2, 0) is 14.8 Å². The van der Waals surface area contributed by atoms with Gasteiger partial charge in [0.25, 0.3) is 10.0 Å². The van der Waals surface area contributed by atoms with Crippen LogP contribution in [0.25, 0.3) is 0 Å². The minimum Gasteiger partial charge on any atom is -0.426 e. The molecule has 27 heavy (non-hydrogen) atoms. The van der Waals surface area contributed by atoms with Crippen LogP contribution in [0.4, 0.5) is 5.69 Å². The van der Waals surface area contributed by atoms with Gasteiger partial charge in [-0.25, -0.2) is 8.42 Å². The Balaban J connectivity index is 2.23. The molecule has 0 aliphatic rings. The maximum absolute atomic E-state index is 12.6. The van der Waals surface area contributed by atoms with Crippen molar-refractivity contribution < 1.29 is 22.7 Å². The Kier molecular flexibility index (Phi) is 6.05. The third kappa shape index (κ3) is 5.17. The molecule has 0 aliphatic carbocycles. The normalized spacial score (nSPS) is 11.7. The molecule has 0 atom stereocenters. The van der Waals surface area contributed by atoms with Gasteiger partial charge in [0, 0.05) is 12.0 Å². The molecule has 2 rings (SSSR count). The molecular formula is C20H23NO5S. The third-order valence-electron chi connectivity index (χ3n) is 3.75. The van der Waals surface area contributed by atoms with Gasteiger partial charge in [-0.3, -0.25) is 14.3 Å². The second-order valence-electron chi connectivity index (χ2n) is 7.04. The van der Waals surface area contributed by atoms with Gasteiger partial charge in [0.15, 0.2) is 5.78 Å². The number of rotatable bonds is 6. The third-order valence-corrected chi connectivity index (χ3v) is 5.13. The molecule has 0 saturated heterocycles. The summed E-state index contributed by atoms with van der Waals surface area (Å²) in [6.45, 7) is 6.90. The number of carbonyl (C=O) groups is 2. The van der Waals surface area contributed by atoms with Crippen LogP contribution in [0, 0.1) is 5.41 Å². The van der Waals surface area contributed by atoms with Gasteiger partial charge in [0.1, 0.15) is 5.75 Å². The molecule has 6 nitrogen and oxygen atoms in total. The lowest BCUT2D eigenvalue weighted by atomic mass is 9.97. The Labute approximate surface area is 159 Å². The van der Waals surface area contributed by atoms with Crippen LogP contribution >= 0.6 is 0 Å². The van der Waals surface area contributed by atoms with Gasteiger partial charge in [-0.2, -0.15) is 0 Å². The zero-order valence-electron chi connectivity index (χ0n) is 15.8. The molecule has 2 aromatic carbocycles. The van der Waals surface area contributed by atoms with E-state index in [4.69, 9.17) is 4.74 Å². The van der Waals surface area contributed by atoms with Gasteiger partial charge < -0.3 is 4.74 Å². The van der Waals surface area contributed by atoms with Gasteiger partial charge in [-0.15, -0.1) is 0 Å². The van der Waals surface area contributed by atoms with E-state index in [1.165, 1.54) is 24.3 Å². The fourth-order valence-corrected chi connectivity index (χ4v) is 3.24. The molecule has 0 aromatic heterocycles. The van der Waals surface area contributed by atoms with Gasteiger partial charge in [0.05, 0.1) is 16.0 Å². The molecule has 0 heterocycles. The van der Waals surface area contributed by atoms with Crippen LogP contribution in [0.3, 0.4) is 0 Å². The van der Waals surface area contributed by atoms with Crippen molar-refractivity contribution in [2.24, 2.45) is 5.41 Å². The molecule has 0 bridgehead atoms. The second kappa shape index (κ2) is 7.92. The topological polar surface area (TPSA) is 89.5 Å². The number of ether oxygens (including phenoxy) is 1. The van der Waals surface area contributed by atoms with Crippen molar-refractivity contribution in [3.63, 3.8) is 0 Å². The molecule has 0 unspecified atom stereocenters. The summed E-state index contributed by atoms with van der Waals surface area (Å²) < 4.78 is 32.9. The quantitative estimate of drug-likeness (QED) is 0.458. The predicted octanol–water partition coefficient (Wildman–Crippen LogP) is 4.03. The van der Waals surface area contributed by atoms with Crippen molar-refractivity contribution >= 4 is 27.5 Å². The second-order valence-corrected chi connectivity index (χ2v) is 8.72. The number of hydrogen-bond acceptors (Lipinski definition) is 5. The highest BCUT2D eigenvalue weighted by Crippen LogP contribution is 2.24. The Hall–Kier alpha value is -2.67. The molecule has 2 aromatic rings. The first-order valence-corrected chi connectivity index (χ1v) is 10.0. The van der Waals surface area contributed by atoms with Crippen LogP contribution < -0.4 is 9.46 Å². The zero-order valence-corrected chi connectivity index (χ0v) is 16.6. The molecule has 7 heteroatoms. The number of hydrogen-bond donors (Lipinski definition) is 1. The monoisotopic (exact) mass is 389 g/mol. The van der Waals surface area contributed by atoms with E-state index in [-0.39, 0.29) is 28.5 Å². The molecule has 0 amide bonds. The predicted molar refractivity (Wildman–Crippen MR) is 103 cm³/mol. The zero-order chi connectivity index (χ0) is 20.2. The molecule has 0 aliphatic heterocycles. The molecule has 0 radical (unpaired) electrons. The van der Waals surface area contributed by atoms with E-state index in [9.17, 15) is 18.0 Å². The summed E-state index contributed by atoms with van der Waals surface area (Å²) in [5.74, 6) is -0.309. The molecule has 0 saturated carbocycles. The van der Waals surface area contributed by atoms with Gasteiger partial charge in [-0.05, 0) is 57.2 Å². The lowest BCUT2D eigenvalue weighted by Gasteiger charge is -2.16. The van der Waals surface area contributed by atoms with Crippen LogP contribution in [0.1, 0.15) is 44.5 Å². The summed E-state index contributed by atoms with van der Waals surface area (Å²) in [6, 6.07) is 12.0. The van der Waals surface area contributed by atoms with E-state index in [1.54, 1.807) is 52.0 Å². The molecule has 144 valence electrons. The van der Waals surface area contributed by atoms with Gasteiger partial charge >= 0.3 is 5.97 Å². The summed E-state index contributed by atoms with van der Waals surface area (Å²) >= 11 is 0. The summed E-state index contributed by atoms with van der Waals surface area (Å²) in [5, 5.41) is 0. The Morgan fingerprint density at radius 3 is 2.15 bits per heavy atom. The van der Waals surface area contributed by atoms with E-state index in [0.717, 1.165) is 0 Å². The number of esters is 1. The van der Waals surface area contributed by atoms with Crippen molar-refractivity contribution in [2.45, 2.75) is 39.0 Å². The van der Waals surface area contributed by atoms with Crippen LogP contribution in [-0.4, -0.2) is 20.2 Å². The first-order valence-electron chi connectivity index (χ1n) is 8.52. The average Bonchev–Trinajstić information content (AvgIpc) is 2.61. The van der Waals surface area contributed by atoms with E-state index in [2.05, 4.69) is 4.72 Å². The summed E-state index contributed by atoms with van der Waals surface area (Å²) in [4.78, 5) is 23.9. The maximum Gasteiger partial charge on any atom is 0.316 e. The number of Topliss-reactive ketones (excluding diaryl/α,β-unsaturated/α-hetero) is 1. The molecule has 0 spiro atoms. The van der Waals surface area contributed by atoms with Crippen LogP contribution in [0.15, 0.2) is 53.4 Å². The standard InChI is InChI=1S/C20H23NO5S/c1-5-18(22)16-8-6-7-9-17(16)21-27(24,25)15-12-10-14(11-13-15)26-19(23)20(2,3)4/h6-13,21H,5H2,1-4H3. The number of ketones is 1. The first kappa shape index (κ1) is 20.6. The highest BCUT2D eigenvalue weighted by Gasteiger charge is 2.24. The number of benzene rings is 2. The number of anilines is 1. The van der Waals surface area contributed by atoms with Crippen LogP contribution in [0.5, 0.6) is 5.75 Å². The molecule has 1 N–H and O–H groups in total. The van der Waals surface area contributed by atoms with E-state index in [0.29, 0.717) is 5.56 Å². The Morgan fingerprint density at radius 2 is 1.59 bits per heavy atom. The van der Waals surface area contributed by atoms with Gasteiger partial charge in [0.2, 0.25) is 0 Å². The van der Waals surface area contributed by atoms with E-state index in [1.807, 2.05) is 0 Å². The first-order chi connectivity index (χ1) is 12.5. The fourth-order valence-electron chi connectivity index (χ4n) is 2.16. The van der Waals surface area contributed by atoms with Crippen LogP contribution in [0.2, 0.25) is 0 Å². The van der Waals surface area contributed by atoms with Crippen molar-refractivity contribution in [3.05, 3.63) is 54.1 Å². The van der Waals surface area contributed by atoms with Crippen molar-refractivity contribution in [1.29, 1.82) is 0 Å². The number of sulfonamides is 1. The highest BCUT2D eigenvalue weighted by molar-refractivity contribution is 7.92. The number of para-hydroxylation sites is 1. The highest BCUT2D eigenvalue weighted by atomic mass is 32.2. The molecular weight excluding hydrogens is 366 g/mol. The molecule has 0 fully saturated rings. The van der Waals surface area contributed by atoms with Gasteiger partial charge in [-0.1, -0.05) is 19.1 Å². The fraction of sp³-hybridized carbons (Fsp3) is 0.300.